The molecule has 120 valence electrons. The van der Waals surface area contributed by atoms with Crippen molar-refractivity contribution in [1.29, 1.82) is 0 Å². The van der Waals surface area contributed by atoms with E-state index in [4.69, 9.17) is 7.81 Å². The van der Waals surface area contributed by atoms with Gasteiger partial charge in [0, 0.05) is 0 Å². The molecule has 1 atom stereocenters. The average molecular weight is 391 g/mol. The van der Waals surface area contributed by atoms with E-state index in [1.165, 1.54) is 51.8 Å². The Hall–Kier alpha value is 0.719. The van der Waals surface area contributed by atoms with Gasteiger partial charge in [-0.3, -0.25) is 0 Å². The predicted molar refractivity (Wildman–Crippen MR) is 89.8 cm³/mol. The van der Waals surface area contributed by atoms with E-state index in [2.05, 4.69) is 27.7 Å². The van der Waals surface area contributed by atoms with Crippen molar-refractivity contribution in [2.45, 2.75) is 91.6 Å². The van der Waals surface area contributed by atoms with E-state index in [0.717, 1.165) is 19.6 Å². The quantitative estimate of drug-likeness (QED) is 0.304. The Kier molecular flexibility index (Phi) is 9.08. The molecule has 0 aliphatic carbocycles. The summed E-state index contributed by atoms with van der Waals surface area (Å²) in [5, 5.41) is 0. The van der Waals surface area contributed by atoms with Crippen molar-refractivity contribution in [3.8, 4) is 0 Å². The molecule has 0 radical (unpaired) electrons. The fourth-order valence-corrected chi connectivity index (χ4v) is 16.3. The molecule has 0 saturated carbocycles. The van der Waals surface area contributed by atoms with Crippen LogP contribution in [0.1, 0.15) is 72.6 Å². The van der Waals surface area contributed by atoms with Crippen LogP contribution in [0.25, 0.3) is 0 Å². The second-order valence-corrected chi connectivity index (χ2v) is 18.7. The first-order chi connectivity index (χ1) is 9.60. The van der Waals surface area contributed by atoms with Crippen LogP contribution in [0.4, 0.5) is 0 Å². The summed E-state index contributed by atoms with van der Waals surface area (Å²) in [7, 11) is 0. The second-order valence-electron chi connectivity index (χ2n) is 6.83. The van der Waals surface area contributed by atoms with Gasteiger partial charge in [0.25, 0.3) is 0 Å². The molecule has 0 aromatic carbocycles. The monoisotopic (exact) mass is 392 g/mol. The van der Waals surface area contributed by atoms with Crippen molar-refractivity contribution in [1.82, 2.24) is 0 Å². The van der Waals surface area contributed by atoms with E-state index < -0.39 is 18.8 Å². The van der Waals surface area contributed by atoms with Gasteiger partial charge >= 0.3 is 131 Å². The van der Waals surface area contributed by atoms with Crippen LogP contribution in [0, 0.1) is 0 Å². The minimum atomic E-state index is -2.32. The van der Waals surface area contributed by atoms with Crippen molar-refractivity contribution >= 4 is 18.8 Å². The van der Waals surface area contributed by atoms with Crippen LogP contribution in [-0.4, -0.2) is 37.6 Å². The molecule has 3 heteroatoms. The van der Waals surface area contributed by atoms with Crippen LogP contribution >= 0.6 is 0 Å². The van der Waals surface area contributed by atoms with Crippen molar-refractivity contribution in [3.05, 3.63) is 0 Å². The van der Waals surface area contributed by atoms with Crippen LogP contribution in [0.3, 0.4) is 0 Å². The van der Waals surface area contributed by atoms with Gasteiger partial charge in [-0.1, -0.05) is 0 Å². The third kappa shape index (κ3) is 7.13. The molecule has 0 bridgehead atoms. The summed E-state index contributed by atoms with van der Waals surface area (Å²) in [5.74, 6) is 0. The van der Waals surface area contributed by atoms with E-state index in [-0.39, 0.29) is 5.60 Å². The zero-order valence-electron chi connectivity index (χ0n) is 14.3. The van der Waals surface area contributed by atoms with Gasteiger partial charge in [0.05, 0.1) is 0 Å². The van der Waals surface area contributed by atoms with Gasteiger partial charge in [-0.2, -0.15) is 0 Å². The molecule has 0 aromatic rings. The van der Waals surface area contributed by atoms with Crippen LogP contribution < -0.4 is 0 Å². The Morgan fingerprint density at radius 2 is 1.40 bits per heavy atom. The molecule has 0 spiro atoms. The zero-order valence-corrected chi connectivity index (χ0v) is 17.2. The van der Waals surface area contributed by atoms with E-state index in [1.54, 1.807) is 0 Å². The maximum atomic E-state index is 6.68. The van der Waals surface area contributed by atoms with Gasteiger partial charge in [-0.15, -0.1) is 0 Å². The van der Waals surface area contributed by atoms with Gasteiger partial charge in [0.2, 0.25) is 0 Å². The average Bonchev–Trinajstić information content (AvgIpc) is 3.18. The van der Waals surface area contributed by atoms with E-state index >= 15 is 0 Å². The van der Waals surface area contributed by atoms with Gasteiger partial charge in [0.1, 0.15) is 0 Å². The normalized spacial score (nSPS) is 22.2. The molecule has 20 heavy (non-hydrogen) atoms. The van der Waals surface area contributed by atoms with Gasteiger partial charge < -0.3 is 0 Å². The molecule has 1 unspecified atom stereocenters. The van der Waals surface area contributed by atoms with Crippen molar-refractivity contribution in [2.75, 3.05) is 13.2 Å². The predicted octanol–water partition coefficient (Wildman–Crippen LogP) is 5.53. The third-order valence-corrected chi connectivity index (χ3v) is 17.8. The number of unbranched alkanes of at least 4 members (excludes halogenated alkanes) is 3. The molecule has 1 aliphatic heterocycles. The van der Waals surface area contributed by atoms with E-state index in [9.17, 15) is 0 Å². The first-order valence-electron chi connectivity index (χ1n) is 8.87. The number of epoxide rings is 1. The van der Waals surface area contributed by atoms with Gasteiger partial charge in [0.15, 0.2) is 0 Å². The Balaban J connectivity index is 2.50. The van der Waals surface area contributed by atoms with Crippen LogP contribution in [0.5, 0.6) is 0 Å². The fraction of sp³-hybridized carbons (Fsp3) is 1.00. The maximum absolute atomic E-state index is 6.68. The molecule has 0 amide bonds. The van der Waals surface area contributed by atoms with Crippen molar-refractivity contribution < 1.29 is 7.81 Å². The van der Waals surface area contributed by atoms with Crippen LogP contribution in [0.2, 0.25) is 13.3 Å². The number of rotatable bonds is 13. The number of hydrogen-bond donors (Lipinski definition) is 0. The SMILES string of the molecule is CCC[CH2][Sn]([CH2]CCC)([CH2]CCC)[O]CCC1(C)CO1. The van der Waals surface area contributed by atoms with E-state index in [0.29, 0.717) is 0 Å². The molecular weight excluding hydrogens is 355 g/mol. The Labute approximate surface area is 131 Å². The molecule has 1 rings (SSSR count). The first-order valence-corrected chi connectivity index (χ1v) is 16.1. The molecule has 1 saturated heterocycles. The Morgan fingerprint density at radius 3 is 1.75 bits per heavy atom. The molecule has 2 nitrogen and oxygen atoms in total. The number of ether oxygens (including phenoxy) is 1. The van der Waals surface area contributed by atoms with Gasteiger partial charge in [-0.05, 0) is 0 Å². The summed E-state index contributed by atoms with van der Waals surface area (Å²) in [4.78, 5) is 0. The third-order valence-electron chi connectivity index (χ3n) is 4.63. The summed E-state index contributed by atoms with van der Waals surface area (Å²) < 4.78 is 16.5. The molecule has 1 fully saturated rings. The molecule has 1 aliphatic rings. The summed E-state index contributed by atoms with van der Waals surface area (Å²) >= 11 is -2.32. The van der Waals surface area contributed by atoms with Crippen LogP contribution in [-0.2, 0) is 7.81 Å². The minimum absolute atomic E-state index is 0.165. The first kappa shape index (κ1) is 18.8. The zero-order chi connectivity index (χ0) is 14.9. The topological polar surface area (TPSA) is 21.8 Å². The van der Waals surface area contributed by atoms with Crippen molar-refractivity contribution in [2.24, 2.45) is 0 Å². The molecule has 0 N–H and O–H groups in total. The van der Waals surface area contributed by atoms with Crippen molar-refractivity contribution in [3.63, 3.8) is 0 Å². The molecule has 1 heterocycles. The second kappa shape index (κ2) is 9.68. The summed E-state index contributed by atoms with van der Waals surface area (Å²) in [5.41, 5.74) is 0.165. The van der Waals surface area contributed by atoms with Crippen LogP contribution in [0.15, 0.2) is 0 Å². The Morgan fingerprint density at radius 1 is 0.950 bits per heavy atom. The Bertz CT molecular complexity index is 230. The number of hydrogen-bond acceptors (Lipinski definition) is 2. The summed E-state index contributed by atoms with van der Waals surface area (Å²) in [6.07, 6.45) is 9.23. The molecular formula is C17H36O2Sn. The summed E-state index contributed by atoms with van der Waals surface area (Å²) in [6, 6.07) is 0. The molecule has 0 aromatic heterocycles. The van der Waals surface area contributed by atoms with Gasteiger partial charge in [-0.25, -0.2) is 0 Å². The fourth-order valence-electron chi connectivity index (χ4n) is 2.84. The summed E-state index contributed by atoms with van der Waals surface area (Å²) in [6.45, 7) is 11.1. The standard InChI is InChI=1S/C5H9O2.3C4H9.Sn/c1-5(2-3-6)4-7-5;3*1-3-4-2;/h2-4H2,1H3;3*1,3-4H2,2H3;/q-1;;;;+1. The van der Waals surface area contributed by atoms with E-state index in [1.807, 2.05) is 0 Å².